The average Bonchev–Trinajstić information content (AvgIpc) is 2.39. The first kappa shape index (κ1) is 14.8. The molecule has 1 saturated heterocycles. The quantitative estimate of drug-likeness (QED) is 0.820. The molecule has 2 aliphatic rings. The highest BCUT2D eigenvalue weighted by atomic mass is 16.4. The zero-order valence-electron chi connectivity index (χ0n) is 12.3. The smallest absolute Gasteiger partial charge is 0.306 e. The Kier molecular flexibility index (Phi) is 5.22. The van der Waals surface area contributed by atoms with Crippen LogP contribution in [0.3, 0.4) is 0 Å². The van der Waals surface area contributed by atoms with Gasteiger partial charge in [-0.3, -0.25) is 4.79 Å². The summed E-state index contributed by atoms with van der Waals surface area (Å²) >= 11 is 0. The van der Waals surface area contributed by atoms with Crippen LogP contribution >= 0.6 is 0 Å². The molecule has 2 atom stereocenters. The lowest BCUT2D eigenvalue weighted by Gasteiger charge is -2.38. The third-order valence-corrected chi connectivity index (χ3v) is 4.75. The first-order chi connectivity index (χ1) is 9.06. The summed E-state index contributed by atoms with van der Waals surface area (Å²) in [7, 11) is 0. The topological polar surface area (TPSA) is 52.6 Å². The molecule has 2 N–H and O–H groups in total. The summed E-state index contributed by atoms with van der Waals surface area (Å²) in [5, 5.41) is 12.8. The Morgan fingerprint density at radius 3 is 2.42 bits per heavy atom. The van der Waals surface area contributed by atoms with Gasteiger partial charge in [0.1, 0.15) is 0 Å². The maximum absolute atomic E-state index is 11.1. The first-order valence-electron chi connectivity index (χ1n) is 7.79. The number of aliphatic carboxylic acids is 1. The first-order valence-corrected chi connectivity index (χ1v) is 7.79. The zero-order valence-corrected chi connectivity index (χ0v) is 12.3. The number of carbonyl (C=O) groups is 1. The van der Waals surface area contributed by atoms with Crippen LogP contribution in [-0.2, 0) is 4.79 Å². The number of likely N-dealkylation sites (tertiary alicyclic amines) is 1. The third kappa shape index (κ3) is 4.18. The van der Waals surface area contributed by atoms with E-state index >= 15 is 0 Å². The Bertz CT molecular complexity index is 299. The summed E-state index contributed by atoms with van der Waals surface area (Å²) in [4.78, 5) is 13.6. The van der Waals surface area contributed by atoms with Crippen LogP contribution < -0.4 is 5.32 Å². The van der Waals surface area contributed by atoms with Gasteiger partial charge in [0.25, 0.3) is 0 Å². The van der Waals surface area contributed by atoms with Crippen LogP contribution in [0, 0.1) is 5.92 Å². The number of piperidine rings is 1. The Labute approximate surface area is 116 Å². The fourth-order valence-electron chi connectivity index (χ4n) is 3.48. The van der Waals surface area contributed by atoms with Crippen LogP contribution in [0.5, 0.6) is 0 Å². The number of nitrogens with zero attached hydrogens (tertiary/aromatic N) is 1. The Hall–Kier alpha value is -0.610. The van der Waals surface area contributed by atoms with Gasteiger partial charge in [0.2, 0.25) is 0 Å². The lowest BCUT2D eigenvalue weighted by molar-refractivity contribution is -0.143. The van der Waals surface area contributed by atoms with Crippen LogP contribution in [0.15, 0.2) is 0 Å². The summed E-state index contributed by atoms with van der Waals surface area (Å²) in [6, 6.07) is 1.66. The number of carboxylic acid groups (broad SMARTS) is 1. The zero-order chi connectivity index (χ0) is 13.8. The molecule has 4 heteroatoms. The summed E-state index contributed by atoms with van der Waals surface area (Å²) in [6.45, 7) is 6.85. The van der Waals surface area contributed by atoms with Crippen molar-refractivity contribution in [3.8, 4) is 0 Å². The molecule has 0 radical (unpaired) electrons. The molecule has 0 spiro atoms. The molecule has 19 heavy (non-hydrogen) atoms. The highest BCUT2D eigenvalue weighted by Crippen LogP contribution is 2.25. The van der Waals surface area contributed by atoms with Crippen LogP contribution in [0.2, 0.25) is 0 Å². The molecule has 0 amide bonds. The van der Waals surface area contributed by atoms with Crippen molar-refractivity contribution < 1.29 is 9.90 Å². The monoisotopic (exact) mass is 268 g/mol. The van der Waals surface area contributed by atoms with Crippen LogP contribution in [-0.4, -0.2) is 47.2 Å². The van der Waals surface area contributed by atoms with Gasteiger partial charge in [-0.25, -0.2) is 0 Å². The highest BCUT2D eigenvalue weighted by Gasteiger charge is 2.29. The Morgan fingerprint density at radius 1 is 1.16 bits per heavy atom. The number of carboxylic acids is 1. The second-order valence-corrected chi connectivity index (χ2v) is 6.47. The summed E-state index contributed by atoms with van der Waals surface area (Å²) in [5.41, 5.74) is 0. The van der Waals surface area contributed by atoms with Gasteiger partial charge in [0.15, 0.2) is 0 Å². The van der Waals surface area contributed by atoms with Gasteiger partial charge in [0.05, 0.1) is 5.92 Å². The molecule has 0 aromatic heterocycles. The lowest BCUT2D eigenvalue weighted by Crippen LogP contribution is -2.49. The van der Waals surface area contributed by atoms with E-state index in [2.05, 4.69) is 24.1 Å². The number of nitrogens with one attached hydrogen (secondary N) is 1. The predicted molar refractivity (Wildman–Crippen MR) is 76.2 cm³/mol. The van der Waals surface area contributed by atoms with Gasteiger partial charge in [-0.1, -0.05) is 6.42 Å². The normalized spacial score (nSPS) is 30.7. The van der Waals surface area contributed by atoms with E-state index in [0.717, 1.165) is 25.7 Å². The number of rotatable bonds is 4. The fourth-order valence-corrected chi connectivity index (χ4v) is 3.48. The fraction of sp³-hybridized carbons (Fsp3) is 0.933. The molecule has 1 saturated carbocycles. The number of hydrogen-bond donors (Lipinski definition) is 2. The van der Waals surface area contributed by atoms with E-state index < -0.39 is 5.97 Å². The maximum Gasteiger partial charge on any atom is 0.306 e. The van der Waals surface area contributed by atoms with Gasteiger partial charge >= 0.3 is 5.97 Å². The van der Waals surface area contributed by atoms with E-state index in [1.165, 1.54) is 25.9 Å². The standard InChI is InChI=1S/C15H28N2O2/c1-11(2)17-8-6-13(7-9-17)16-14-5-3-4-12(10-14)15(18)19/h11-14,16H,3-10H2,1-2H3,(H,18,19). The molecule has 2 rings (SSSR count). The lowest BCUT2D eigenvalue weighted by atomic mass is 9.85. The highest BCUT2D eigenvalue weighted by molar-refractivity contribution is 5.70. The molecule has 2 fully saturated rings. The molecule has 4 nitrogen and oxygen atoms in total. The molecular weight excluding hydrogens is 240 g/mol. The van der Waals surface area contributed by atoms with E-state index in [1.807, 2.05) is 0 Å². The van der Waals surface area contributed by atoms with Crippen molar-refractivity contribution in [2.75, 3.05) is 13.1 Å². The molecule has 2 unspecified atom stereocenters. The molecule has 1 aliphatic carbocycles. The van der Waals surface area contributed by atoms with Crippen LogP contribution in [0.4, 0.5) is 0 Å². The summed E-state index contributed by atoms with van der Waals surface area (Å²) < 4.78 is 0. The van der Waals surface area contributed by atoms with Crippen molar-refractivity contribution in [2.45, 2.75) is 70.5 Å². The van der Waals surface area contributed by atoms with E-state index in [0.29, 0.717) is 18.1 Å². The van der Waals surface area contributed by atoms with Crippen molar-refractivity contribution in [2.24, 2.45) is 5.92 Å². The van der Waals surface area contributed by atoms with E-state index in [9.17, 15) is 4.79 Å². The Balaban J connectivity index is 1.74. The second kappa shape index (κ2) is 6.71. The molecule has 0 bridgehead atoms. The van der Waals surface area contributed by atoms with Gasteiger partial charge in [-0.15, -0.1) is 0 Å². The van der Waals surface area contributed by atoms with Crippen molar-refractivity contribution in [3.63, 3.8) is 0 Å². The van der Waals surface area contributed by atoms with Crippen LogP contribution in [0.1, 0.15) is 52.4 Å². The average molecular weight is 268 g/mol. The van der Waals surface area contributed by atoms with Gasteiger partial charge in [-0.05, 0) is 59.0 Å². The predicted octanol–water partition coefficient (Wildman–Crippen LogP) is 2.09. The van der Waals surface area contributed by atoms with Gasteiger partial charge < -0.3 is 15.3 Å². The summed E-state index contributed by atoms with van der Waals surface area (Å²) in [6.07, 6.45) is 6.28. The van der Waals surface area contributed by atoms with E-state index in [-0.39, 0.29) is 5.92 Å². The molecule has 1 heterocycles. The minimum Gasteiger partial charge on any atom is -0.481 e. The van der Waals surface area contributed by atoms with Crippen molar-refractivity contribution >= 4 is 5.97 Å². The number of hydrogen-bond acceptors (Lipinski definition) is 3. The van der Waals surface area contributed by atoms with Gasteiger partial charge in [0, 0.05) is 18.1 Å². The second-order valence-electron chi connectivity index (χ2n) is 6.47. The molecule has 0 aromatic carbocycles. The third-order valence-electron chi connectivity index (χ3n) is 4.75. The molecular formula is C15H28N2O2. The van der Waals surface area contributed by atoms with Crippen molar-refractivity contribution in [3.05, 3.63) is 0 Å². The van der Waals surface area contributed by atoms with E-state index in [4.69, 9.17) is 5.11 Å². The molecule has 1 aliphatic heterocycles. The minimum atomic E-state index is -0.610. The SMILES string of the molecule is CC(C)N1CCC(NC2CCCC(C(=O)O)C2)CC1. The van der Waals surface area contributed by atoms with Gasteiger partial charge in [-0.2, -0.15) is 0 Å². The molecule has 0 aromatic rings. The Morgan fingerprint density at radius 2 is 1.84 bits per heavy atom. The van der Waals surface area contributed by atoms with Crippen molar-refractivity contribution in [1.29, 1.82) is 0 Å². The van der Waals surface area contributed by atoms with E-state index in [1.54, 1.807) is 0 Å². The minimum absolute atomic E-state index is 0.123. The molecule has 110 valence electrons. The maximum atomic E-state index is 11.1. The summed E-state index contributed by atoms with van der Waals surface area (Å²) in [5.74, 6) is -0.733. The largest absolute Gasteiger partial charge is 0.481 e. The van der Waals surface area contributed by atoms with Crippen molar-refractivity contribution in [1.82, 2.24) is 10.2 Å². The van der Waals surface area contributed by atoms with Crippen LogP contribution in [0.25, 0.3) is 0 Å².